The van der Waals surface area contributed by atoms with E-state index >= 15 is 0 Å². The molecule has 0 aromatic carbocycles. The first kappa shape index (κ1) is 14.8. The number of aliphatic hydroxyl groups is 1. The average Bonchev–Trinajstić information content (AvgIpc) is 2.36. The second-order valence-corrected chi connectivity index (χ2v) is 6.03. The second kappa shape index (κ2) is 6.21. The van der Waals surface area contributed by atoms with Crippen molar-refractivity contribution in [1.29, 1.82) is 0 Å². The Labute approximate surface area is 117 Å². The fourth-order valence-electron chi connectivity index (χ4n) is 3.36. The molecule has 3 N–H and O–H groups in total. The molecule has 0 aromatic rings. The largest absolute Gasteiger partial charge is 0.372 e. The molecule has 0 radical (unpaired) electrons. The molecule has 2 aliphatic carbocycles. The maximum atomic E-state index is 9.99. The highest BCUT2D eigenvalue weighted by Gasteiger charge is 2.30. The summed E-state index contributed by atoms with van der Waals surface area (Å²) >= 11 is 0. The van der Waals surface area contributed by atoms with Gasteiger partial charge in [0.1, 0.15) is 5.72 Å². The zero-order valence-electron chi connectivity index (χ0n) is 12.4. The van der Waals surface area contributed by atoms with E-state index in [0.717, 1.165) is 12.8 Å². The van der Waals surface area contributed by atoms with Crippen molar-refractivity contribution in [2.24, 2.45) is 5.73 Å². The molecule has 2 rings (SSSR count). The molecule has 0 bridgehead atoms. The van der Waals surface area contributed by atoms with Gasteiger partial charge in [-0.15, -0.1) is 0 Å². The van der Waals surface area contributed by atoms with Gasteiger partial charge in [-0.1, -0.05) is 19.9 Å². The molecule has 108 valence electrons. The summed E-state index contributed by atoms with van der Waals surface area (Å²) in [6.07, 6.45) is 10.4. The molecule has 2 aliphatic rings. The van der Waals surface area contributed by atoms with Gasteiger partial charge in [0.05, 0.1) is 0 Å². The minimum Gasteiger partial charge on any atom is -0.372 e. The van der Waals surface area contributed by atoms with Crippen molar-refractivity contribution in [3.8, 4) is 0 Å². The van der Waals surface area contributed by atoms with Gasteiger partial charge in [-0.05, 0) is 62.4 Å². The Morgan fingerprint density at radius 3 is 2.63 bits per heavy atom. The van der Waals surface area contributed by atoms with Crippen molar-refractivity contribution < 1.29 is 5.11 Å². The van der Waals surface area contributed by atoms with Crippen LogP contribution in [-0.4, -0.2) is 34.9 Å². The highest BCUT2D eigenvalue weighted by molar-refractivity contribution is 5.39. The van der Waals surface area contributed by atoms with Crippen LogP contribution in [0.15, 0.2) is 23.3 Å². The number of rotatable bonds is 5. The van der Waals surface area contributed by atoms with Crippen LogP contribution in [0.5, 0.6) is 0 Å². The third kappa shape index (κ3) is 3.68. The average molecular weight is 264 g/mol. The van der Waals surface area contributed by atoms with Gasteiger partial charge in [0.2, 0.25) is 0 Å². The van der Waals surface area contributed by atoms with Crippen LogP contribution < -0.4 is 5.73 Å². The molecule has 3 heteroatoms. The molecular formula is C16H28N2O. The van der Waals surface area contributed by atoms with E-state index in [1.807, 2.05) is 6.08 Å². The lowest BCUT2D eigenvalue weighted by Gasteiger charge is -2.38. The van der Waals surface area contributed by atoms with E-state index in [9.17, 15) is 5.11 Å². The molecule has 1 saturated carbocycles. The molecule has 0 aliphatic heterocycles. The fraction of sp³-hybridized carbons (Fsp3) is 0.750. The van der Waals surface area contributed by atoms with Gasteiger partial charge in [-0.25, -0.2) is 0 Å². The SMILES string of the molecule is CCCN(CCC)C1CCC2=CCC(N)(O)C=C2C1. The highest BCUT2D eigenvalue weighted by Crippen LogP contribution is 2.36. The summed E-state index contributed by atoms with van der Waals surface area (Å²) in [6, 6.07) is 0.622. The summed E-state index contributed by atoms with van der Waals surface area (Å²) < 4.78 is 0. The first-order valence-corrected chi connectivity index (χ1v) is 7.72. The van der Waals surface area contributed by atoms with E-state index < -0.39 is 5.72 Å². The molecule has 0 heterocycles. The number of hydrogen-bond donors (Lipinski definition) is 2. The highest BCUT2D eigenvalue weighted by atomic mass is 16.3. The Morgan fingerprint density at radius 1 is 1.32 bits per heavy atom. The summed E-state index contributed by atoms with van der Waals surface area (Å²) in [5, 5.41) is 9.99. The quantitative estimate of drug-likeness (QED) is 0.750. The van der Waals surface area contributed by atoms with Crippen molar-refractivity contribution in [2.45, 2.75) is 64.1 Å². The van der Waals surface area contributed by atoms with Crippen molar-refractivity contribution in [3.05, 3.63) is 23.3 Å². The van der Waals surface area contributed by atoms with Crippen molar-refractivity contribution >= 4 is 0 Å². The lowest BCUT2D eigenvalue weighted by Crippen LogP contribution is -2.42. The fourth-order valence-corrected chi connectivity index (χ4v) is 3.36. The smallest absolute Gasteiger partial charge is 0.136 e. The van der Waals surface area contributed by atoms with E-state index in [2.05, 4.69) is 24.8 Å². The van der Waals surface area contributed by atoms with Crippen LogP contribution in [0.25, 0.3) is 0 Å². The lowest BCUT2D eigenvalue weighted by atomic mass is 9.80. The molecule has 1 fully saturated rings. The molecule has 2 atom stereocenters. The zero-order chi connectivity index (χ0) is 13.9. The summed E-state index contributed by atoms with van der Waals surface area (Å²) in [6.45, 7) is 6.85. The van der Waals surface area contributed by atoms with Gasteiger partial charge in [0.25, 0.3) is 0 Å². The van der Waals surface area contributed by atoms with Crippen LogP contribution in [-0.2, 0) is 0 Å². The minimum absolute atomic E-state index is 0.560. The first-order chi connectivity index (χ1) is 9.05. The Bertz CT molecular complexity index is 365. The minimum atomic E-state index is -1.12. The molecule has 0 saturated heterocycles. The van der Waals surface area contributed by atoms with Gasteiger partial charge in [0.15, 0.2) is 0 Å². The van der Waals surface area contributed by atoms with Crippen LogP contribution in [0.3, 0.4) is 0 Å². The topological polar surface area (TPSA) is 49.5 Å². The second-order valence-electron chi connectivity index (χ2n) is 6.03. The predicted molar refractivity (Wildman–Crippen MR) is 79.7 cm³/mol. The van der Waals surface area contributed by atoms with Gasteiger partial charge in [-0.3, -0.25) is 0 Å². The van der Waals surface area contributed by atoms with E-state index in [-0.39, 0.29) is 0 Å². The van der Waals surface area contributed by atoms with E-state index in [4.69, 9.17) is 5.73 Å². The lowest BCUT2D eigenvalue weighted by molar-refractivity contribution is 0.0968. The van der Waals surface area contributed by atoms with Crippen LogP contribution in [0, 0.1) is 0 Å². The summed E-state index contributed by atoms with van der Waals surface area (Å²) in [7, 11) is 0. The number of fused-ring (bicyclic) bond motifs is 1. The van der Waals surface area contributed by atoms with Gasteiger partial charge in [-0.2, -0.15) is 0 Å². The Hall–Kier alpha value is -0.640. The number of hydrogen-bond acceptors (Lipinski definition) is 3. The molecular weight excluding hydrogens is 236 g/mol. The Kier molecular flexibility index (Phi) is 4.82. The van der Waals surface area contributed by atoms with E-state index in [0.29, 0.717) is 12.5 Å². The third-order valence-corrected chi connectivity index (χ3v) is 4.25. The van der Waals surface area contributed by atoms with Crippen LogP contribution >= 0.6 is 0 Å². The van der Waals surface area contributed by atoms with Crippen LogP contribution in [0.2, 0.25) is 0 Å². The third-order valence-electron chi connectivity index (χ3n) is 4.25. The molecule has 2 unspecified atom stereocenters. The number of allylic oxidation sites excluding steroid dienone is 1. The van der Waals surface area contributed by atoms with Crippen molar-refractivity contribution in [3.63, 3.8) is 0 Å². The zero-order valence-corrected chi connectivity index (χ0v) is 12.4. The van der Waals surface area contributed by atoms with E-state index in [1.54, 1.807) is 0 Å². The standard InChI is InChI=1S/C16H28N2O/c1-3-9-18(10-4-2)15-6-5-13-7-8-16(17,19)12-14(13)11-15/h7,12,15,19H,3-6,8-11,17H2,1-2H3. The van der Waals surface area contributed by atoms with E-state index in [1.165, 1.54) is 43.5 Å². The molecule has 0 amide bonds. The molecule has 19 heavy (non-hydrogen) atoms. The van der Waals surface area contributed by atoms with Crippen LogP contribution in [0.4, 0.5) is 0 Å². The normalized spacial score (nSPS) is 30.9. The van der Waals surface area contributed by atoms with Gasteiger partial charge < -0.3 is 15.7 Å². The molecule has 0 aromatic heterocycles. The van der Waals surface area contributed by atoms with Gasteiger partial charge >= 0.3 is 0 Å². The predicted octanol–water partition coefficient (Wildman–Crippen LogP) is 2.56. The summed E-state index contributed by atoms with van der Waals surface area (Å²) in [5.74, 6) is 0. The summed E-state index contributed by atoms with van der Waals surface area (Å²) in [5.41, 5.74) is 7.42. The maximum Gasteiger partial charge on any atom is 0.136 e. The summed E-state index contributed by atoms with van der Waals surface area (Å²) in [4.78, 5) is 2.61. The number of nitrogens with zero attached hydrogens (tertiary/aromatic N) is 1. The van der Waals surface area contributed by atoms with Crippen LogP contribution in [0.1, 0.15) is 52.4 Å². The molecule has 3 nitrogen and oxygen atoms in total. The van der Waals surface area contributed by atoms with Crippen molar-refractivity contribution in [2.75, 3.05) is 13.1 Å². The molecule has 0 spiro atoms. The van der Waals surface area contributed by atoms with Crippen molar-refractivity contribution in [1.82, 2.24) is 4.90 Å². The van der Waals surface area contributed by atoms with Gasteiger partial charge in [0, 0.05) is 12.5 Å². The first-order valence-electron chi connectivity index (χ1n) is 7.72. The maximum absolute atomic E-state index is 9.99. The number of nitrogens with two attached hydrogens (primary N) is 1. The Morgan fingerprint density at radius 2 is 2.00 bits per heavy atom. The Balaban J connectivity index is 2.07. The monoisotopic (exact) mass is 264 g/mol.